The van der Waals surface area contributed by atoms with Crippen molar-refractivity contribution < 1.29 is 9.13 Å². The molecule has 0 fully saturated rings. The number of nitrogens with zero attached hydrogens (tertiary/aromatic N) is 5. The van der Waals surface area contributed by atoms with Crippen LogP contribution in [-0.4, -0.2) is 32.1 Å². The van der Waals surface area contributed by atoms with Crippen LogP contribution in [0.4, 0.5) is 4.39 Å². The lowest BCUT2D eigenvalue weighted by molar-refractivity contribution is 0.397. The number of rotatable bonds is 3. The van der Waals surface area contributed by atoms with E-state index >= 15 is 0 Å². The van der Waals surface area contributed by atoms with Crippen LogP contribution in [0.2, 0.25) is 5.02 Å². The Balaban J connectivity index is 2.26. The molecule has 0 amide bonds. The highest BCUT2D eigenvalue weighted by Gasteiger charge is 2.18. The van der Waals surface area contributed by atoms with Crippen LogP contribution in [0, 0.1) is 12.7 Å². The molecule has 0 aliphatic heterocycles. The van der Waals surface area contributed by atoms with Gasteiger partial charge in [-0.1, -0.05) is 16.8 Å². The number of aromatic nitrogens is 5. The average molecular weight is 320 g/mol. The van der Waals surface area contributed by atoms with E-state index in [-0.39, 0.29) is 10.6 Å². The Morgan fingerprint density at radius 3 is 2.77 bits per heavy atom. The summed E-state index contributed by atoms with van der Waals surface area (Å²) >= 11 is 5.91. The van der Waals surface area contributed by atoms with Crippen molar-refractivity contribution in [2.45, 2.75) is 6.92 Å². The van der Waals surface area contributed by atoms with Gasteiger partial charge in [-0.05, 0) is 19.1 Å². The van der Waals surface area contributed by atoms with Crippen molar-refractivity contribution >= 4 is 11.6 Å². The summed E-state index contributed by atoms with van der Waals surface area (Å²) in [6.45, 7) is 1.79. The van der Waals surface area contributed by atoms with Gasteiger partial charge in [0.1, 0.15) is 6.33 Å². The van der Waals surface area contributed by atoms with E-state index in [9.17, 15) is 4.39 Å². The molecule has 0 bridgehead atoms. The highest BCUT2D eigenvalue weighted by molar-refractivity contribution is 6.31. The Labute approximate surface area is 130 Å². The Morgan fingerprint density at radius 2 is 2.09 bits per heavy atom. The molecule has 0 aliphatic rings. The van der Waals surface area contributed by atoms with E-state index in [0.717, 1.165) is 0 Å². The van der Waals surface area contributed by atoms with Crippen molar-refractivity contribution in [1.82, 2.24) is 25.0 Å². The second-order valence-electron chi connectivity index (χ2n) is 4.51. The van der Waals surface area contributed by atoms with Crippen molar-refractivity contribution in [3.63, 3.8) is 0 Å². The maximum Gasteiger partial charge on any atom is 0.216 e. The number of methoxy groups -OCH3 is 1. The molecule has 22 heavy (non-hydrogen) atoms. The lowest BCUT2D eigenvalue weighted by Gasteiger charge is -2.11. The predicted molar refractivity (Wildman–Crippen MR) is 78.6 cm³/mol. The maximum atomic E-state index is 14.6. The molecule has 0 unspecified atom stereocenters. The number of aryl methyl sites for hydroxylation is 1. The molecule has 112 valence electrons. The molecule has 0 saturated heterocycles. The first-order valence-corrected chi connectivity index (χ1v) is 6.71. The summed E-state index contributed by atoms with van der Waals surface area (Å²) in [6, 6.07) is 4.65. The van der Waals surface area contributed by atoms with E-state index in [2.05, 4.69) is 20.3 Å². The molecule has 6 nitrogen and oxygen atoms in total. The van der Waals surface area contributed by atoms with Gasteiger partial charge >= 0.3 is 0 Å². The summed E-state index contributed by atoms with van der Waals surface area (Å²) in [7, 11) is 1.47. The van der Waals surface area contributed by atoms with Crippen LogP contribution < -0.4 is 4.74 Å². The number of benzene rings is 1. The molecule has 2 aromatic heterocycles. The quantitative estimate of drug-likeness (QED) is 0.742. The van der Waals surface area contributed by atoms with Gasteiger partial charge in [-0.2, -0.15) is 0 Å². The summed E-state index contributed by atoms with van der Waals surface area (Å²) in [5.41, 5.74) is 1.73. The molecule has 0 N–H and O–H groups in total. The maximum absolute atomic E-state index is 14.6. The van der Waals surface area contributed by atoms with Crippen molar-refractivity contribution in [1.29, 1.82) is 0 Å². The fourth-order valence-electron chi connectivity index (χ4n) is 2.03. The van der Waals surface area contributed by atoms with E-state index in [1.807, 2.05) is 0 Å². The predicted octanol–water partition coefficient (Wildman–Crippen LogP) is 2.83. The second-order valence-corrected chi connectivity index (χ2v) is 4.91. The first-order valence-electron chi connectivity index (χ1n) is 6.34. The van der Waals surface area contributed by atoms with E-state index < -0.39 is 5.82 Å². The molecular weight excluding hydrogens is 309 g/mol. The Hall–Kier alpha value is -2.54. The zero-order valence-corrected chi connectivity index (χ0v) is 12.5. The van der Waals surface area contributed by atoms with E-state index in [4.69, 9.17) is 16.3 Å². The van der Waals surface area contributed by atoms with Gasteiger partial charge in [-0.3, -0.25) is 0 Å². The topological polar surface area (TPSA) is 65.7 Å². The molecule has 0 saturated carbocycles. The van der Waals surface area contributed by atoms with Crippen LogP contribution in [0.15, 0.2) is 30.7 Å². The summed E-state index contributed by atoms with van der Waals surface area (Å²) in [5, 5.41) is 7.88. The summed E-state index contributed by atoms with van der Waals surface area (Å²) in [4.78, 5) is 8.02. The number of hydrogen-bond acceptors (Lipinski definition) is 5. The Kier molecular flexibility index (Phi) is 3.72. The number of hydrogen-bond donors (Lipinski definition) is 0. The van der Waals surface area contributed by atoms with Crippen molar-refractivity contribution in [2.24, 2.45) is 0 Å². The molecule has 8 heteroatoms. The van der Waals surface area contributed by atoms with Gasteiger partial charge in [0.2, 0.25) is 5.88 Å². The summed E-state index contributed by atoms with van der Waals surface area (Å²) in [5.74, 6) is -0.266. The van der Waals surface area contributed by atoms with Crippen molar-refractivity contribution in [3.05, 3.63) is 47.3 Å². The van der Waals surface area contributed by atoms with Gasteiger partial charge < -0.3 is 4.74 Å². The van der Waals surface area contributed by atoms with Gasteiger partial charge in [-0.15, -0.1) is 5.10 Å². The number of ether oxygens (including phenoxy) is 1. The SMILES string of the molecule is COc1cc(-c2c(-n3cc(C)nn3)ccc(Cl)c2F)ncn1. The normalized spacial score (nSPS) is 10.7. The molecule has 0 atom stereocenters. The lowest BCUT2D eigenvalue weighted by Crippen LogP contribution is -2.02. The van der Waals surface area contributed by atoms with Crippen LogP contribution in [0.5, 0.6) is 5.88 Å². The zero-order chi connectivity index (χ0) is 15.7. The molecule has 3 aromatic rings. The third-order valence-electron chi connectivity index (χ3n) is 3.03. The molecular formula is C14H11ClFN5O. The van der Waals surface area contributed by atoms with Crippen LogP contribution in [0.3, 0.4) is 0 Å². The highest BCUT2D eigenvalue weighted by atomic mass is 35.5. The van der Waals surface area contributed by atoms with E-state index in [0.29, 0.717) is 23.0 Å². The summed E-state index contributed by atoms with van der Waals surface area (Å²) in [6.07, 6.45) is 2.98. The van der Waals surface area contributed by atoms with Crippen LogP contribution >= 0.6 is 11.6 Å². The molecule has 1 aromatic carbocycles. The van der Waals surface area contributed by atoms with Gasteiger partial charge in [0.15, 0.2) is 5.82 Å². The molecule has 0 radical (unpaired) electrons. The van der Waals surface area contributed by atoms with Crippen LogP contribution in [0.1, 0.15) is 5.69 Å². The van der Waals surface area contributed by atoms with Gasteiger partial charge in [-0.25, -0.2) is 19.0 Å². The van der Waals surface area contributed by atoms with Gasteiger partial charge in [0.05, 0.1) is 41.0 Å². The fourth-order valence-corrected chi connectivity index (χ4v) is 2.19. The molecule has 3 rings (SSSR count). The fraction of sp³-hybridized carbons (Fsp3) is 0.143. The minimum Gasteiger partial charge on any atom is -0.481 e. The lowest BCUT2D eigenvalue weighted by atomic mass is 10.1. The average Bonchev–Trinajstić information content (AvgIpc) is 2.96. The second kappa shape index (κ2) is 5.69. The smallest absolute Gasteiger partial charge is 0.216 e. The first kappa shape index (κ1) is 14.4. The third kappa shape index (κ3) is 2.50. The zero-order valence-electron chi connectivity index (χ0n) is 11.8. The standard InChI is InChI=1S/C14H11ClFN5O/c1-8-6-21(20-19-8)11-4-3-9(15)14(16)13(11)10-5-12(22-2)18-7-17-10/h3-7H,1-2H3. The first-order chi connectivity index (χ1) is 10.6. The van der Waals surface area contributed by atoms with Crippen molar-refractivity contribution in [3.8, 4) is 22.8 Å². The van der Waals surface area contributed by atoms with Gasteiger partial charge in [0.25, 0.3) is 0 Å². The summed E-state index contributed by atoms with van der Waals surface area (Å²) < 4.78 is 21.1. The van der Waals surface area contributed by atoms with E-state index in [1.165, 1.54) is 30.3 Å². The van der Waals surface area contributed by atoms with Crippen molar-refractivity contribution in [2.75, 3.05) is 7.11 Å². The minimum absolute atomic E-state index is 0.00633. The Morgan fingerprint density at radius 1 is 1.27 bits per heavy atom. The van der Waals surface area contributed by atoms with Gasteiger partial charge in [0, 0.05) is 6.07 Å². The van der Waals surface area contributed by atoms with Crippen LogP contribution in [-0.2, 0) is 0 Å². The highest BCUT2D eigenvalue weighted by Crippen LogP contribution is 2.33. The largest absolute Gasteiger partial charge is 0.481 e. The third-order valence-corrected chi connectivity index (χ3v) is 3.33. The van der Waals surface area contributed by atoms with Crippen LogP contribution in [0.25, 0.3) is 16.9 Å². The molecule has 0 aliphatic carbocycles. The molecule has 2 heterocycles. The Bertz CT molecular complexity index is 836. The monoisotopic (exact) mass is 319 g/mol. The molecule has 0 spiro atoms. The number of halogens is 2. The minimum atomic E-state index is -0.590. The van der Waals surface area contributed by atoms with E-state index in [1.54, 1.807) is 19.2 Å².